The van der Waals surface area contributed by atoms with E-state index in [0.29, 0.717) is 17.5 Å². The highest BCUT2D eigenvalue weighted by atomic mass is 32.2. The minimum Gasteiger partial charge on any atom is -0.338 e. The van der Waals surface area contributed by atoms with Gasteiger partial charge in [0.2, 0.25) is 11.7 Å². The first kappa shape index (κ1) is 15.7. The molecule has 0 saturated heterocycles. The van der Waals surface area contributed by atoms with E-state index in [1.165, 1.54) is 0 Å². The van der Waals surface area contributed by atoms with Crippen molar-refractivity contribution < 1.29 is 4.52 Å². The topological polar surface area (TPSA) is 82.5 Å². The molecule has 2 heterocycles. The van der Waals surface area contributed by atoms with Crippen molar-refractivity contribution in [2.24, 2.45) is 0 Å². The van der Waals surface area contributed by atoms with Crippen molar-refractivity contribution in [3.05, 3.63) is 42.0 Å². The van der Waals surface area contributed by atoms with Gasteiger partial charge in [-0.15, -0.1) is 16.9 Å². The molecule has 0 aliphatic heterocycles. The number of aromatic nitrogens is 6. The summed E-state index contributed by atoms with van der Waals surface area (Å²) in [6.45, 7) is 4.97. The lowest BCUT2D eigenvalue weighted by Gasteiger charge is -2.06. The highest BCUT2D eigenvalue weighted by Crippen LogP contribution is 2.30. The number of aryl methyl sites for hydroxylation is 1. The second kappa shape index (κ2) is 7.36. The summed E-state index contributed by atoms with van der Waals surface area (Å²) in [4.78, 5) is 4.48. The third kappa shape index (κ3) is 3.76. The molecule has 0 saturated carbocycles. The van der Waals surface area contributed by atoms with Crippen LogP contribution in [0.1, 0.15) is 37.2 Å². The van der Waals surface area contributed by atoms with Gasteiger partial charge in [-0.25, -0.2) is 4.68 Å². The lowest BCUT2D eigenvalue weighted by Crippen LogP contribution is -2.04. The second-order valence-corrected chi connectivity index (χ2v) is 6.42. The summed E-state index contributed by atoms with van der Waals surface area (Å²) in [6.07, 6.45) is 1.00. The SMILES string of the molecule is CCCn1nnnc1CSC(C)c1nc(-c2ccccc2)no1. The summed E-state index contributed by atoms with van der Waals surface area (Å²) in [5.41, 5.74) is 0.951. The fourth-order valence-electron chi connectivity index (χ4n) is 2.09. The molecular formula is C15H18N6OS. The van der Waals surface area contributed by atoms with Crippen LogP contribution in [0.3, 0.4) is 0 Å². The maximum atomic E-state index is 5.39. The normalized spacial score (nSPS) is 12.4. The Hall–Kier alpha value is -2.22. The first-order chi connectivity index (χ1) is 11.3. The van der Waals surface area contributed by atoms with Crippen molar-refractivity contribution in [1.29, 1.82) is 0 Å². The van der Waals surface area contributed by atoms with Gasteiger partial charge in [0.1, 0.15) is 0 Å². The zero-order chi connectivity index (χ0) is 16.1. The zero-order valence-electron chi connectivity index (χ0n) is 13.1. The molecule has 0 aliphatic rings. The van der Waals surface area contributed by atoms with Crippen LogP contribution in [0.5, 0.6) is 0 Å². The van der Waals surface area contributed by atoms with E-state index < -0.39 is 0 Å². The Kier molecular flexibility index (Phi) is 5.02. The van der Waals surface area contributed by atoms with E-state index in [0.717, 1.165) is 24.4 Å². The minimum absolute atomic E-state index is 0.0757. The Labute approximate surface area is 138 Å². The number of rotatable bonds is 7. The van der Waals surface area contributed by atoms with Gasteiger partial charge in [-0.2, -0.15) is 4.98 Å². The molecule has 8 heteroatoms. The molecule has 0 spiro atoms. The van der Waals surface area contributed by atoms with Crippen LogP contribution in [-0.2, 0) is 12.3 Å². The van der Waals surface area contributed by atoms with E-state index in [9.17, 15) is 0 Å². The predicted octanol–water partition coefficient (Wildman–Crippen LogP) is 3.13. The average molecular weight is 330 g/mol. The molecule has 0 radical (unpaired) electrons. The standard InChI is InChI=1S/C15H18N6OS/c1-3-9-21-13(17-19-20-21)10-23-11(2)15-16-14(18-22-15)12-7-5-4-6-8-12/h4-8,11H,3,9-10H2,1-2H3. The van der Waals surface area contributed by atoms with Gasteiger partial charge in [0.05, 0.1) is 11.0 Å². The molecule has 1 aromatic carbocycles. The lowest BCUT2D eigenvalue weighted by atomic mass is 10.2. The van der Waals surface area contributed by atoms with Gasteiger partial charge in [-0.1, -0.05) is 42.4 Å². The van der Waals surface area contributed by atoms with E-state index in [1.807, 2.05) is 41.9 Å². The first-order valence-electron chi connectivity index (χ1n) is 7.53. The zero-order valence-corrected chi connectivity index (χ0v) is 13.9. The fraction of sp³-hybridized carbons (Fsp3) is 0.400. The van der Waals surface area contributed by atoms with Crippen LogP contribution in [-0.4, -0.2) is 30.3 Å². The molecule has 7 nitrogen and oxygen atoms in total. The number of hydrogen-bond acceptors (Lipinski definition) is 7. The van der Waals surface area contributed by atoms with E-state index in [2.05, 4.69) is 32.6 Å². The Morgan fingerprint density at radius 2 is 2.09 bits per heavy atom. The van der Waals surface area contributed by atoms with E-state index in [1.54, 1.807) is 11.8 Å². The van der Waals surface area contributed by atoms with Crippen LogP contribution in [0.4, 0.5) is 0 Å². The number of benzene rings is 1. The molecule has 1 unspecified atom stereocenters. The van der Waals surface area contributed by atoms with Crippen molar-refractivity contribution in [2.75, 3.05) is 0 Å². The molecule has 23 heavy (non-hydrogen) atoms. The molecular weight excluding hydrogens is 312 g/mol. The summed E-state index contributed by atoms with van der Waals surface area (Å²) in [5, 5.41) is 15.9. The van der Waals surface area contributed by atoms with Gasteiger partial charge in [-0.05, 0) is 23.8 Å². The van der Waals surface area contributed by atoms with E-state index >= 15 is 0 Å². The van der Waals surface area contributed by atoms with Gasteiger partial charge in [0, 0.05) is 12.1 Å². The van der Waals surface area contributed by atoms with Crippen LogP contribution >= 0.6 is 11.8 Å². The molecule has 0 amide bonds. The van der Waals surface area contributed by atoms with Gasteiger partial charge in [0.15, 0.2) is 5.82 Å². The molecule has 1 atom stereocenters. The van der Waals surface area contributed by atoms with Crippen molar-refractivity contribution in [3.8, 4) is 11.4 Å². The summed E-state index contributed by atoms with van der Waals surface area (Å²) in [6, 6.07) is 9.80. The third-order valence-corrected chi connectivity index (χ3v) is 4.45. The van der Waals surface area contributed by atoms with Crippen molar-refractivity contribution in [3.63, 3.8) is 0 Å². The molecule has 0 N–H and O–H groups in total. The van der Waals surface area contributed by atoms with Crippen LogP contribution in [0, 0.1) is 0 Å². The van der Waals surface area contributed by atoms with E-state index in [4.69, 9.17) is 4.52 Å². The molecule has 3 rings (SSSR count). The molecule has 0 fully saturated rings. The number of nitrogens with zero attached hydrogens (tertiary/aromatic N) is 6. The summed E-state index contributed by atoms with van der Waals surface area (Å²) < 4.78 is 7.22. The molecule has 2 aromatic heterocycles. The Morgan fingerprint density at radius 3 is 2.87 bits per heavy atom. The van der Waals surface area contributed by atoms with Gasteiger partial charge in [0.25, 0.3) is 0 Å². The summed E-state index contributed by atoms with van der Waals surface area (Å²) in [5.74, 6) is 2.80. The van der Waals surface area contributed by atoms with Gasteiger partial charge < -0.3 is 4.52 Å². The monoisotopic (exact) mass is 330 g/mol. The van der Waals surface area contributed by atoms with Crippen molar-refractivity contribution >= 4 is 11.8 Å². The van der Waals surface area contributed by atoms with Crippen molar-refractivity contribution in [2.45, 2.75) is 37.8 Å². The maximum Gasteiger partial charge on any atom is 0.239 e. The smallest absolute Gasteiger partial charge is 0.239 e. The quantitative estimate of drug-likeness (QED) is 0.658. The Bertz CT molecular complexity index is 741. The summed E-state index contributed by atoms with van der Waals surface area (Å²) >= 11 is 1.68. The van der Waals surface area contributed by atoms with Gasteiger partial charge in [-0.3, -0.25) is 0 Å². The number of tetrazole rings is 1. The molecule has 0 aliphatic carbocycles. The third-order valence-electron chi connectivity index (χ3n) is 3.33. The second-order valence-electron chi connectivity index (χ2n) is 5.09. The largest absolute Gasteiger partial charge is 0.338 e. The highest BCUT2D eigenvalue weighted by molar-refractivity contribution is 7.98. The molecule has 3 aromatic rings. The number of hydrogen-bond donors (Lipinski definition) is 0. The van der Waals surface area contributed by atoms with Gasteiger partial charge >= 0.3 is 0 Å². The number of thioether (sulfide) groups is 1. The van der Waals surface area contributed by atoms with Crippen LogP contribution in [0.15, 0.2) is 34.9 Å². The highest BCUT2D eigenvalue weighted by Gasteiger charge is 2.17. The Morgan fingerprint density at radius 1 is 1.26 bits per heavy atom. The van der Waals surface area contributed by atoms with Crippen LogP contribution < -0.4 is 0 Å². The Balaban J connectivity index is 1.64. The fourth-order valence-corrected chi connectivity index (χ4v) is 2.93. The van der Waals surface area contributed by atoms with Crippen LogP contribution in [0.2, 0.25) is 0 Å². The summed E-state index contributed by atoms with van der Waals surface area (Å²) in [7, 11) is 0. The minimum atomic E-state index is 0.0757. The lowest BCUT2D eigenvalue weighted by molar-refractivity contribution is 0.380. The maximum absolute atomic E-state index is 5.39. The van der Waals surface area contributed by atoms with E-state index in [-0.39, 0.29) is 5.25 Å². The molecule has 120 valence electrons. The predicted molar refractivity (Wildman–Crippen MR) is 87.6 cm³/mol. The van der Waals surface area contributed by atoms with Crippen LogP contribution in [0.25, 0.3) is 11.4 Å². The average Bonchev–Trinajstić information content (AvgIpc) is 3.23. The first-order valence-corrected chi connectivity index (χ1v) is 8.58. The van der Waals surface area contributed by atoms with Crippen molar-refractivity contribution in [1.82, 2.24) is 30.3 Å². The molecule has 0 bridgehead atoms.